The van der Waals surface area contributed by atoms with Gasteiger partial charge in [0.2, 0.25) is 0 Å². The van der Waals surface area contributed by atoms with E-state index in [1.54, 1.807) is 36.4 Å². The lowest BCUT2D eigenvalue weighted by molar-refractivity contribution is -0.112. The highest BCUT2D eigenvalue weighted by Crippen LogP contribution is 2.26. The molecule has 0 atom stereocenters. The number of rotatable bonds is 6. The van der Waals surface area contributed by atoms with Crippen LogP contribution in [-0.4, -0.2) is 12.5 Å². The molecule has 2 aromatic carbocycles. The summed E-state index contributed by atoms with van der Waals surface area (Å²) in [5.41, 5.74) is 1.97. The Bertz CT molecular complexity index is 917. The lowest BCUT2D eigenvalue weighted by Crippen LogP contribution is -2.13. The number of anilines is 1. The Morgan fingerprint density at radius 1 is 1.38 bits per heavy atom. The highest BCUT2D eigenvalue weighted by molar-refractivity contribution is 9.10. The van der Waals surface area contributed by atoms with E-state index in [2.05, 4.69) is 27.8 Å². The maximum absolute atomic E-state index is 12.4. The van der Waals surface area contributed by atoms with Gasteiger partial charge in [0.05, 0.1) is 0 Å². The molecule has 6 heteroatoms. The number of nitrogens with zero attached hydrogens (tertiary/aromatic N) is 1. The summed E-state index contributed by atoms with van der Waals surface area (Å²) in [6.07, 6.45) is 3.10. The number of carbonyl (C=O) groups excluding carboxylic acids is 1. The molecule has 0 aliphatic rings. The van der Waals surface area contributed by atoms with E-state index in [1.807, 2.05) is 19.1 Å². The van der Waals surface area contributed by atoms with Crippen molar-refractivity contribution >= 4 is 45.2 Å². The molecule has 2 rings (SSSR count). The molecule has 0 unspecified atom stereocenters. The van der Waals surface area contributed by atoms with E-state index in [9.17, 15) is 10.1 Å². The number of hydrogen-bond acceptors (Lipinski definition) is 3. The molecular formula is C20H16BrClN2O2. The summed E-state index contributed by atoms with van der Waals surface area (Å²) < 4.78 is 6.38. The second-order valence-electron chi connectivity index (χ2n) is 5.37. The van der Waals surface area contributed by atoms with E-state index < -0.39 is 5.91 Å². The van der Waals surface area contributed by atoms with Crippen LogP contribution in [-0.2, 0) is 4.79 Å². The van der Waals surface area contributed by atoms with Crippen LogP contribution in [0, 0.1) is 18.3 Å². The molecule has 2 aromatic rings. The van der Waals surface area contributed by atoms with Crippen molar-refractivity contribution in [3.8, 4) is 11.8 Å². The third kappa shape index (κ3) is 5.22. The number of halogens is 2. The van der Waals surface area contributed by atoms with Gasteiger partial charge in [0.25, 0.3) is 5.91 Å². The minimum Gasteiger partial charge on any atom is -0.489 e. The molecule has 0 heterocycles. The average Bonchev–Trinajstić information content (AvgIpc) is 2.62. The number of aryl methyl sites for hydroxylation is 1. The molecule has 4 nitrogen and oxygen atoms in total. The zero-order valence-corrected chi connectivity index (χ0v) is 16.4. The number of amides is 1. The Morgan fingerprint density at radius 2 is 2.15 bits per heavy atom. The summed E-state index contributed by atoms with van der Waals surface area (Å²) in [5, 5.41) is 12.6. The molecule has 0 saturated carbocycles. The smallest absolute Gasteiger partial charge is 0.266 e. The van der Waals surface area contributed by atoms with Crippen molar-refractivity contribution in [1.82, 2.24) is 0 Å². The SMILES string of the molecule is C=CCOc1ccc(Br)cc1/C=C(\C#N)C(=O)Nc1ccc(C)c(Cl)c1. The van der Waals surface area contributed by atoms with Crippen LogP contribution in [0.25, 0.3) is 6.08 Å². The average molecular weight is 432 g/mol. The minimum atomic E-state index is -0.526. The largest absolute Gasteiger partial charge is 0.489 e. The molecule has 0 aliphatic carbocycles. The number of carbonyl (C=O) groups is 1. The first-order chi connectivity index (χ1) is 12.4. The maximum Gasteiger partial charge on any atom is 0.266 e. The van der Waals surface area contributed by atoms with Crippen LogP contribution in [0.2, 0.25) is 5.02 Å². The first-order valence-electron chi connectivity index (χ1n) is 7.67. The van der Waals surface area contributed by atoms with Gasteiger partial charge in [-0.1, -0.05) is 46.3 Å². The first kappa shape index (κ1) is 19.8. The molecular weight excluding hydrogens is 416 g/mol. The zero-order valence-electron chi connectivity index (χ0n) is 14.1. The van der Waals surface area contributed by atoms with Gasteiger partial charge in [0.15, 0.2) is 0 Å². The second kappa shape index (κ2) is 9.23. The van der Waals surface area contributed by atoms with Gasteiger partial charge >= 0.3 is 0 Å². The summed E-state index contributed by atoms with van der Waals surface area (Å²) >= 11 is 9.45. The molecule has 132 valence electrons. The van der Waals surface area contributed by atoms with Crippen molar-refractivity contribution in [1.29, 1.82) is 5.26 Å². The van der Waals surface area contributed by atoms with Crippen LogP contribution in [0.4, 0.5) is 5.69 Å². The molecule has 0 spiro atoms. The topological polar surface area (TPSA) is 62.1 Å². The van der Waals surface area contributed by atoms with Crippen molar-refractivity contribution in [2.24, 2.45) is 0 Å². The molecule has 0 radical (unpaired) electrons. The Hall–Kier alpha value is -2.55. The Kier molecular flexibility index (Phi) is 7.02. The Labute approximate surface area is 165 Å². The normalized spacial score (nSPS) is 10.8. The lowest BCUT2D eigenvalue weighted by atomic mass is 10.1. The summed E-state index contributed by atoms with van der Waals surface area (Å²) in [5.74, 6) is 0.0223. The first-order valence-corrected chi connectivity index (χ1v) is 8.84. The third-order valence-corrected chi connectivity index (χ3v) is 4.32. The quantitative estimate of drug-likeness (QED) is 0.372. The third-order valence-electron chi connectivity index (χ3n) is 3.42. The van der Waals surface area contributed by atoms with E-state index in [0.717, 1.165) is 10.0 Å². The van der Waals surface area contributed by atoms with Gasteiger partial charge in [-0.15, -0.1) is 0 Å². The predicted molar refractivity (Wildman–Crippen MR) is 108 cm³/mol. The molecule has 0 fully saturated rings. The van der Waals surface area contributed by atoms with E-state index in [1.165, 1.54) is 6.08 Å². The highest BCUT2D eigenvalue weighted by Gasteiger charge is 2.12. The minimum absolute atomic E-state index is 0.0525. The number of benzene rings is 2. The van der Waals surface area contributed by atoms with Crippen molar-refractivity contribution in [3.05, 3.63) is 75.2 Å². The van der Waals surface area contributed by atoms with Gasteiger partial charge in [0.1, 0.15) is 24.0 Å². The van der Waals surface area contributed by atoms with Gasteiger partial charge in [-0.25, -0.2) is 0 Å². The van der Waals surface area contributed by atoms with Crippen LogP contribution >= 0.6 is 27.5 Å². The zero-order chi connectivity index (χ0) is 19.1. The Morgan fingerprint density at radius 3 is 2.81 bits per heavy atom. The standard InChI is InChI=1S/C20H16BrClN2O2/c1-3-8-26-19-7-5-16(21)10-14(19)9-15(12-23)20(25)24-17-6-4-13(2)18(22)11-17/h3-7,9-11H,1,8H2,2H3,(H,24,25)/b15-9+. The van der Waals surface area contributed by atoms with Gasteiger partial charge in [0, 0.05) is 20.7 Å². The molecule has 0 aromatic heterocycles. The fourth-order valence-corrected chi connectivity index (χ4v) is 2.64. The van der Waals surface area contributed by atoms with E-state index in [-0.39, 0.29) is 5.57 Å². The Balaban J connectivity index is 2.30. The molecule has 26 heavy (non-hydrogen) atoms. The molecule has 1 amide bonds. The van der Waals surface area contributed by atoms with Crippen molar-refractivity contribution < 1.29 is 9.53 Å². The molecule has 1 N–H and O–H groups in total. The van der Waals surface area contributed by atoms with Gasteiger partial charge in [-0.3, -0.25) is 4.79 Å². The number of hydrogen-bond donors (Lipinski definition) is 1. The monoisotopic (exact) mass is 430 g/mol. The fourth-order valence-electron chi connectivity index (χ4n) is 2.09. The van der Waals surface area contributed by atoms with Crippen molar-refractivity contribution in [3.63, 3.8) is 0 Å². The molecule has 0 bridgehead atoms. The fraction of sp³-hybridized carbons (Fsp3) is 0.100. The molecule has 0 saturated heterocycles. The van der Waals surface area contributed by atoms with Crippen LogP contribution in [0.3, 0.4) is 0 Å². The van der Waals surface area contributed by atoms with Gasteiger partial charge in [-0.05, 0) is 48.9 Å². The van der Waals surface area contributed by atoms with Crippen LogP contribution in [0.1, 0.15) is 11.1 Å². The molecule has 0 aliphatic heterocycles. The predicted octanol–water partition coefficient (Wildman–Crippen LogP) is 5.52. The number of ether oxygens (including phenoxy) is 1. The van der Waals surface area contributed by atoms with Crippen molar-refractivity contribution in [2.45, 2.75) is 6.92 Å². The van der Waals surface area contributed by atoms with Crippen LogP contribution in [0.15, 0.2) is 59.1 Å². The summed E-state index contributed by atoms with van der Waals surface area (Å²) in [7, 11) is 0. The summed E-state index contributed by atoms with van der Waals surface area (Å²) in [6, 6.07) is 12.4. The number of nitriles is 1. The van der Waals surface area contributed by atoms with Crippen molar-refractivity contribution in [2.75, 3.05) is 11.9 Å². The van der Waals surface area contributed by atoms with Gasteiger partial charge in [-0.2, -0.15) is 5.26 Å². The van der Waals surface area contributed by atoms with Crippen LogP contribution in [0.5, 0.6) is 5.75 Å². The van der Waals surface area contributed by atoms with Gasteiger partial charge < -0.3 is 10.1 Å². The summed E-state index contributed by atoms with van der Waals surface area (Å²) in [6.45, 7) is 5.80. The highest BCUT2D eigenvalue weighted by atomic mass is 79.9. The number of nitrogens with one attached hydrogen (secondary N) is 1. The summed E-state index contributed by atoms with van der Waals surface area (Å²) in [4.78, 5) is 12.4. The van der Waals surface area contributed by atoms with E-state index in [4.69, 9.17) is 16.3 Å². The maximum atomic E-state index is 12.4. The second-order valence-corrected chi connectivity index (χ2v) is 6.69. The lowest BCUT2D eigenvalue weighted by Gasteiger charge is -2.09. The van der Waals surface area contributed by atoms with E-state index in [0.29, 0.717) is 28.6 Å². The van der Waals surface area contributed by atoms with E-state index >= 15 is 0 Å². The van der Waals surface area contributed by atoms with Crippen LogP contribution < -0.4 is 10.1 Å².